The van der Waals surface area contributed by atoms with Crippen molar-refractivity contribution in [1.82, 2.24) is 10.2 Å². The van der Waals surface area contributed by atoms with Crippen molar-refractivity contribution in [2.24, 2.45) is 0 Å². The largest absolute Gasteiger partial charge is 0.477 e. The van der Waals surface area contributed by atoms with E-state index in [1.54, 1.807) is 6.07 Å². The maximum Gasteiger partial charge on any atom is 0.354 e. The molecule has 0 saturated carbocycles. The topological polar surface area (TPSA) is 66.0 Å². The second-order valence-electron chi connectivity index (χ2n) is 6.04. The predicted octanol–water partition coefficient (Wildman–Crippen LogP) is 4.89. The van der Waals surface area contributed by atoms with E-state index in [0.717, 1.165) is 23.1 Å². The van der Waals surface area contributed by atoms with Crippen LogP contribution >= 0.6 is 11.6 Å². The quantitative estimate of drug-likeness (QED) is 0.685. The van der Waals surface area contributed by atoms with Crippen molar-refractivity contribution in [1.29, 1.82) is 0 Å². The summed E-state index contributed by atoms with van der Waals surface area (Å²) in [6.07, 6.45) is 1.47. The van der Waals surface area contributed by atoms with Crippen LogP contribution in [-0.2, 0) is 12.8 Å². The van der Waals surface area contributed by atoms with Crippen LogP contribution in [-0.4, -0.2) is 21.3 Å². The van der Waals surface area contributed by atoms with Crippen molar-refractivity contribution in [3.8, 4) is 11.3 Å². The Kier molecular flexibility index (Phi) is 4.91. The van der Waals surface area contributed by atoms with Gasteiger partial charge in [-0.25, -0.2) is 4.79 Å². The fourth-order valence-corrected chi connectivity index (χ4v) is 2.96. The first-order chi connectivity index (χ1) is 12.0. The number of halogens is 1. The Hall–Kier alpha value is -2.59. The summed E-state index contributed by atoms with van der Waals surface area (Å²) in [5, 5.41) is 17.1. The van der Waals surface area contributed by atoms with Crippen molar-refractivity contribution in [2.75, 3.05) is 0 Å². The van der Waals surface area contributed by atoms with E-state index in [1.807, 2.05) is 31.2 Å². The molecule has 5 heteroatoms. The molecule has 0 fully saturated rings. The molecule has 3 rings (SSSR count). The average molecular weight is 355 g/mol. The average Bonchev–Trinajstić information content (AvgIpc) is 3.02. The van der Waals surface area contributed by atoms with Gasteiger partial charge in [-0.1, -0.05) is 48.9 Å². The molecule has 0 spiro atoms. The number of carbonyl (C=O) groups is 1. The van der Waals surface area contributed by atoms with E-state index in [0.29, 0.717) is 22.7 Å². The summed E-state index contributed by atoms with van der Waals surface area (Å²) >= 11 is 6.10. The first-order valence-corrected chi connectivity index (χ1v) is 8.52. The Morgan fingerprint density at radius 1 is 1.16 bits per heavy atom. The number of aryl methyl sites for hydroxylation is 2. The molecule has 0 radical (unpaired) electrons. The van der Waals surface area contributed by atoms with Gasteiger partial charge in [-0.15, -0.1) is 0 Å². The Bertz CT molecular complexity index is 914. The number of aromatic amines is 1. The van der Waals surface area contributed by atoms with E-state index in [-0.39, 0.29) is 5.69 Å². The SMILES string of the molecule is CCc1ccc(Cc2c(-c3ccc(Cl)c(C)c3)n[nH]c2C(=O)O)cc1. The molecular weight excluding hydrogens is 336 g/mol. The third-order valence-electron chi connectivity index (χ3n) is 4.32. The summed E-state index contributed by atoms with van der Waals surface area (Å²) in [5.74, 6) is -1.01. The molecule has 2 N–H and O–H groups in total. The first-order valence-electron chi connectivity index (χ1n) is 8.14. The fourth-order valence-electron chi connectivity index (χ4n) is 2.84. The minimum atomic E-state index is -1.01. The van der Waals surface area contributed by atoms with Crippen LogP contribution in [0.2, 0.25) is 5.02 Å². The Morgan fingerprint density at radius 3 is 2.44 bits per heavy atom. The zero-order chi connectivity index (χ0) is 18.0. The van der Waals surface area contributed by atoms with Crippen LogP contribution in [0.5, 0.6) is 0 Å². The lowest BCUT2D eigenvalue weighted by Crippen LogP contribution is -2.03. The molecule has 2 aromatic carbocycles. The highest BCUT2D eigenvalue weighted by atomic mass is 35.5. The fraction of sp³-hybridized carbons (Fsp3) is 0.200. The lowest BCUT2D eigenvalue weighted by molar-refractivity contribution is 0.0689. The van der Waals surface area contributed by atoms with Gasteiger partial charge in [-0.2, -0.15) is 5.10 Å². The monoisotopic (exact) mass is 354 g/mol. The number of aromatic nitrogens is 2. The van der Waals surface area contributed by atoms with Gasteiger partial charge in [-0.05, 0) is 42.2 Å². The summed E-state index contributed by atoms with van der Waals surface area (Å²) in [6, 6.07) is 13.8. The summed E-state index contributed by atoms with van der Waals surface area (Å²) in [5.41, 5.74) is 5.54. The molecule has 0 aliphatic carbocycles. The van der Waals surface area contributed by atoms with E-state index in [2.05, 4.69) is 29.3 Å². The zero-order valence-electron chi connectivity index (χ0n) is 14.1. The second-order valence-corrected chi connectivity index (χ2v) is 6.45. The van der Waals surface area contributed by atoms with Gasteiger partial charge in [0.1, 0.15) is 5.69 Å². The molecule has 0 bridgehead atoms. The Morgan fingerprint density at radius 2 is 1.84 bits per heavy atom. The second kappa shape index (κ2) is 7.11. The van der Waals surface area contributed by atoms with Crippen molar-refractivity contribution >= 4 is 17.6 Å². The number of aromatic carboxylic acids is 1. The number of hydrogen-bond acceptors (Lipinski definition) is 2. The van der Waals surface area contributed by atoms with Gasteiger partial charge in [-0.3, -0.25) is 5.10 Å². The highest BCUT2D eigenvalue weighted by Crippen LogP contribution is 2.29. The van der Waals surface area contributed by atoms with Gasteiger partial charge >= 0.3 is 5.97 Å². The molecule has 0 aliphatic heterocycles. The van der Waals surface area contributed by atoms with Crippen LogP contribution in [0.3, 0.4) is 0 Å². The van der Waals surface area contributed by atoms with Crippen molar-refractivity contribution in [2.45, 2.75) is 26.7 Å². The number of carboxylic acids is 1. The molecule has 0 atom stereocenters. The van der Waals surface area contributed by atoms with Crippen LogP contribution in [0.25, 0.3) is 11.3 Å². The van der Waals surface area contributed by atoms with Crippen LogP contribution in [0.15, 0.2) is 42.5 Å². The minimum absolute atomic E-state index is 0.127. The molecular formula is C20H19ClN2O2. The standard InChI is InChI=1S/C20H19ClN2O2/c1-3-13-4-6-14(7-5-13)11-16-18(22-23-19(16)20(24)25)15-8-9-17(21)12(2)10-15/h4-10H,3,11H2,1-2H3,(H,22,23)(H,24,25). The maximum absolute atomic E-state index is 11.6. The smallest absolute Gasteiger partial charge is 0.354 e. The molecule has 0 saturated heterocycles. The molecule has 0 amide bonds. The number of hydrogen-bond donors (Lipinski definition) is 2. The minimum Gasteiger partial charge on any atom is -0.477 e. The molecule has 0 aliphatic rings. The van der Waals surface area contributed by atoms with Gasteiger partial charge < -0.3 is 5.11 Å². The third-order valence-corrected chi connectivity index (χ3v) is 4.75. The number of benzene rings is 2. The number of rotatable bonds is 5. The maximum atomic E-state index is 11.6. The first kappa shape index (κ1) is 17.2. The summed E-state index contributed by atoms with van der Waals surface area (Å²) in [6.45, 7) is 4.02. The highest BCUT2D eigenvalue weighted by Gasteiger charge is 2.20. The summed E-state index contributed by atoms with van der Waals surface area (Å²) in [7, 11) is 0. The molecule has 4 nitrogen and oxygen atoms in total. The van der Waals surface area contributed by atoms with Gasteiger partial charge in [0.05, 0.1) is 5.69 Å². The summed E-state index contributed by atoms with van der Waals surface area (Å²) < 4.78 is 0. The van der Waals surface area contributed by atoms with E-state index < -0.39 is 5.97 Å². The van der Waals surface area contributed by atoms with Gasteiger partial charge in [0, 0.05) is 22.6 Å². The van der Waals surface area contributed by atoms with Gasteiger partial charge in [0.15, 0.2) is 0 Å². The Balaban J connectivity index is 2.04. The third kappa shape index (κ3) is 3.59. The molecule has 25 heavy (non-hydrogen) atoms. The van der Waals surface area contributed by atoms with Crippen molar-refractivity contribution in [3.63, 3.8) is 0 Å². The van der Waals surface area contributed by atoms with E-state index in [1.165, 1.54) is 5.56 Å². The molecule has 3 aromatic rings. The van der Waals surface area contributed by atoms with Crippen LogP contribution in [0.1, 0.15) is 39.7 Å². The molecule has 0 unspecified atom stereocenters. The van der Waals surface area contributed by atoms with E-state index >= 15 is 0 Å². The van der Waals surface area contributed by atoms with E-state index in [9.17, 15) is 9.90 Å². The zero-order valence-corrected chi connectivity index (χ0v) is 14.9. The lowest BCUT2D eigenvalue weighted by atomic mass is 9.97. The predicted molar refractivity (Wildman–Crippen MR) is 99.4 cm³/mol. The summed E-state index contributed by atoms with van der Waals surface area (Å²) in [4.78, 5) is 11.6. The Labute approximate surface area is 151 Å². The highest BCUT2D eigenvalue weighted by molar-refractivity contribution is 6.31. The lowest BCUT2D eigenvalue weighted by Gasteiger charge is -2.07. The molecule has 1 heterocycles. The molecule has 128 valence electrons. The van der Waals surface area contributed by atoms with Gasteiger partial charge in [0.2, 0.25) is 0 Å². The number of nitrogens with zero attached hydrogens (tertiary/aromatic N) is 1. The number of H-pyrrole nitrogens is 1. The van der Waals surface area contributed by atoms with Gasteiger partial charge in [0.25, 0.3) is 0 Å². The normalized spacial score (nSPS) is 10.8. The van der Waals surface area contributed by atoms with Crippen LogP contribution in [0, 0.1) is 6.92 Å². The van der Waals surface area contributed by atoms with Crippen LogP contribution in [0.4, 0.5) is 0 Å². The van der Waals surface area contributed by atoms with Crippen molar-refractivity contribution < 1.29 is 9.90 Å². The van der Waals surface area contributed by atoms with Crippen molar-refractivity contribution in [3.05, 3.63) is 75.4 Å². The van der Waals surface area contributed by atoms with Crippen LogP contribution < -0.4 is 0 Å². The van der Waals surface area contributed by atoms with E-state index in [4.69, 9.17) is 11.6 Å². The number of nitrogens with one attached hydrogen (secondary N) is 1. The molecule has 1 aromatic heterocycles. The number of carboxylic acid groups (broad SMARTS) is 1.